The fraction of sp³-hybridized carbons (Fsp3) is 0. The maximum atomic E-state index is 7.54. The Labute approximate surface area is 183 Å². The van der Waals surface area contributed by atoms with Crippen molar-refractivity contribution in [2.75, 3.05) is 0 Å². The molecule has 0 aromatic rings. The van der Waals surface area contributed by atoms with Crippen molar-refractivity contribution in [3.8, 4) is 0 Å². The summed E-state index contributed by atoms with van der Waals surface area (Å²) in [5.74, 6) is 0. The SMILES string of the molecule is OOOOOOOOOOOOOOOOOOOOOOOOOOOOOOOOOOOO. The van der Waals surface area contributed by atoms with Crippen LogP contribution in [0.5, 0.6) is 0 Å². The summed E-state index contributed by atoms with van der Waals surface area (Å²) in [4.78, 5) is 0. The fourth-order valence-corrected chi connectivity index (χ4v) is 0.365. The summed E-state index contributed by atoms with van der Waals surface area (Å²) >= 11 is 0. The predicted molar refractivity (Wildman–Crippen MR) is 42.1 cm³/mol. The molecule has 0 spiro atoms. The highest BCUT2D eigenvalue weighted by molar-refractivity contribution is 3.11. The summed E-state index contributed by atoms with van der Waals surface area (Å²) in [6, 6.07) is 0. The Bertz CT molecular complexity index is 312. The highest BCUT2D eigenvalue weighted by atomic mass is 18.0. The van der Waals surface area contributed by atoms with Gasteiger partial charge in [-0.2, -0.15) is 0 Å². The molecular weight excluding hydrogens is 576 g/mol. The fourth-order valence-electron chi connectivity index (χ4n) is 0.365. The van der Waals surface area contributed by atoms with Gasteiger partial charge >= 0.3 is 0 Å². The lowest BCUT2D eigenvalue weighted by atomic mass is 14.0. The molecule has 0 aliphatic carbocycles. The molecule has 36 heteroatoms. The van der Waals surface area contributed by atoms with Crippen LogP contribution < -0.4 is 0 Å². The minimum atomic E-state index is 2.87. The van der Waals surface area contributed by atoms with E-state index in [0.29, 0.717) is 0 Å². The molecule has 0 fully saturated rings. The third-order valence-electron chi connectivity index (χ3n) is 0.922. The zero-order valence-electron chi connectivity index (χ0n) is 14.8. The van der Waals surface area contributed by atoms with Crippen LogP contribution in [0.25, 0.3) is 0 Å². The molecule has 0 aromatic heterocycles. The minimum absolute atomic E-state index is 2.87. The molecule has 0 heterocycles. The van der Waals surface area contributed by atoms with E-state index in [2.05, 4.69) is 171 Å². The first kappa shape index (κ1) is 34.6. The van der Waals surface area contributed by atoms with Crippen LogP contribution in [0, 0.1) is 0 Å². The average molecular weight is 578 g/mol. The normalized spacial score (nSPS) is 11.5. The third-order valence-corrected chi connectivity index (χ3v) is 0.922. The number of rotatable bonds is 33. The molecule has 36 heavy (non-hydrogen) atoms. The zero-order valence-corrected chi connectivity index (χ0v) is 14.8. The third kappa shape index (κ3) is 32.6. The molecule has 0 rings (SSSR count). The van der Waals surface area contributed by atoms with E-state index in [1.54, 1.807) is 0 Å². The summed E-state index contributed by atoms with van der Waals surface area (Å²) in [5.41, 5.74) is 0. The summed E-state index contributed by atoms with van der Waals surface area (Å²) in [6.45, 7) is 0. The quantitative estimate of drug-likeness (QED) is 0.0469. The molecule has 0 aliphatic rings. The minimum Gasteiger partial charge on any atom is -0.219 e. The summed E-state index contributed by atoms with van der Waals surface area (Å²) in [6.07, 6.45) is 0. The molecule has 0 atom stereocenters. The molecule has 0 radical (unpaired) electrons. The second-order valence-electron chi connectivity index (χ2n) is 2.33. The van der Waals surface area contributed by atoms with E-state index >= 15 is 0 Å². The van der Waals surface area contributed by atoms with Crippen molar-refractivity contribution in [2.24, 2.45) is 0 Å². The first-order valence-electron chi connectivity index (χ1n) is 5.87. The van der Waals surface area contributed by atoms with Gasteiger partial charge in [-0.3, -0.25) is 0 Å². The second kappa shape index (κ2) is 33.6. The molecule has 0 saturated heterocycles. The van der Waals surface area contributed by atoms with Crippen molar-refractivity contribution in [1.82, 2.24) is 0 Å². The molecule has 36 nitrogen and oxygen atoms in total. The Morgan fingerprint density at radius 1 is 0.139 bits per heavy atom. The number of hydrogen-bond donors (Lipinski definition) is 2. The predicted octanol–water partition coefficient (Wildman–Crippen LogP) is -2.31. The Hall–Kier alpha value is -1.44. The Morgan fingerprint density at radius 3 is 0.306 bits per heavy atom. The van der Waals surface area contributed by atoms with E-state index in [-0.39, 0.29) is 0 Å². The van der Waals surface area contributed by atoms with Gasteiger partial charge < -0.3 is 0 Å². The largest absolute Gasteiger partial charge is 0.219 e. The molecular formula is H2O36. The highest BCUT2D eigenvalue weighted by Crippen LogP contribution is 1.95. The van der Waals surface area contributed by atoms with Gasteiger partial charge in [0.25, 0.3) is 0 Å². The van der Waals surface area contributed by atoms with Gasteiger partial charge in [0.15, 0.2) is 0 Å². The van der Waals surface area contributed by atoms with E-state index < -0.39 is 0 Å². The standard InChI is InChI=1S/H2O36/c1-3-5-7-9-11-13-15-17-19-21-23-25-27-29-31-33-35-36-34-32-30-28-26-24-22-20-18-16-14-12-10-8-6-4-2/h1-2H. The highest BCUT2D eigenvalue weighted by Gasteiger charge is 2.02. The van der Waals surface area contributed by atoms with E-state index in [4.69, 9.17) is 10.5 Å². The van der Waals surface area contributed by atoms with Gasteiger partial charge in [-0.25, -0.2) is 10.5 Å². The molecule has 2 N–H and O–H groups in total. The van der Waals surface area contributed by atoms with Gasteiger partial charge in [0.05, 0.1) is 0 Å². The summed E-state index contributed by atoms with van der Waals surface area (Å²) < 4.78 is 0. The molecule has 218 valence electrons. The smallest absolute Gasteiger partial charge is 0 e. The van der Waals surface area contributed by atoms with Crippen LogP contribution >= 0.6 is 0 Å². The van der Waals surface area contributed by atoms with E-state index in [0.717, 1.165) is 0 Å². The van der Waals surface area contributed by atoms with E-state index in [1.165, 1.54) is 0 Å². The van der Waals surface area contributed by atoms with E-state index in [9.17, 15) is 0 Å². The van der Waals surface area contributed by atoms with Gasteiger partial charge in [0, 0.05) is 90.7 Å². The molecule has 0 saturated carbocycles. The van der Waals surface area contributed by atoms with Crippen molar-refractivity contribution in [3.05, 3.63) is 0 Å². The van der Waals surface area contributed by atoms with Gasteiger partial charge in [0.1, 0.15) is 0 Å². The second-order valence-corrected chi connectivity index (χ2v) is 2.33. The van der Waals surface area contributed by atoms with Crippen LogP contribution in [0.4, 0.5) is 0 Å². The molecule has 0 unspecified atom stereocenters. The van der Waals surface area contributed by atoms with Gasteiger partial charge in [-0.15, -0.1) is 0 Å². The molecule has 0 aromatic carbocycles. The van der Waals surface area contributed by atoms with Gasteiger partial charge in [0.2, 0.25) is 0 Å². The maximum absolute atomic E-state index is 7.54. The average Bonchev–Trinajstić information content (AvgIpc) is 2.89. The van der Waals surface area contributed by atoms with Crippen LogP contribution in [-0.4, -0.2) is 10.5 Å². The van der Waals surface area contributed by atoms with Crippen molar-refractivity contribution < 1.29 is 182 Å². The Morgan fingerprint density at radius 2 is 0.222 bits per heavy atom. The van der Waals surface area contributed by atoms with Crippen molar-refractivity contribution in [1.29, 1.82) is 0 Å². The van der Waals surface area contributed by atoms with Crippen LogP contribution in [0.2, 0.25) is 0 Å². The van der Waals surface area contributed by atoms with Crippen LogP contribution in [0.15, 0.2) is 0 Å². The van der Waals surface area contributed by atoms with Gasteiger partial charge in [-0.1, -0.05) is 0 Å². The van der Waals surface area contributed by atoms with Crippen LogP contribution in [0.3, 0.4) is 0 Å². The lowest BCUT2D eigenvalue weighted by Gasteiger charge is -1.99. The van der Waals surface area contributed by atoms with Crippen LogP contribution in [0.1, 0.15) is 0 Å². The van der Waals surface area contributed by atoms with E-state index in [1.807, 2.05) is 0 Å². The van der Waals surface area contributed by atoms with Crippen molar-refractivity contribution in [3.63, 3.8) is 0 Å². The Balaban J connectivity index is 3.00. The number of hydrogen-bond acceptors (Lipinski definition) is 36. The summed E-state index contributed by atoms with van der Waals surface area (Å²) in [7, 11) is 0. The lowest BCUT2D eigenvalue weighted by Crippen LogP contribution is -2.06. The topological polar surface area (TPSA) is 354 Å². The zero-order chi connectivity index (χ0) is 26.0. The van der Waals surface area contributed by atoms with Gasteiger partial charge in [-0.05, 0) is 80.6 Å². The van der Waals surface area contributed by atoms with Crippen molar-refractivity contribution in [2.45, 2.75) is 0 Å². The first-order valence-corrected chi connectivity index (χ1v) is 5.87. The first-order chi connectivity index (χ1) is 17.9. The molecule has 0 amide bonds. The molecule has 0 bridgehead atoms. The van der Waals surface area contributed by atoms with Crippen molar-refractivity contribution >= 4 is 0 Å². The maximum Gasteiger partial charge on any atom is 0 e. The monoisotopic (exact) mass is 578 g/mol. The van der Waals surface area contributed by atoms with Crippen LogP contribution in [-0.2, 0) is 171 Å². The summed E-state index contributed by atoms with van der Waals surface area (Å²) in [5, 5.41) is 131. The molecule has 0 aliphatic heterocycles. The lowest BCUT2D eigenvalue weighted by molar-refractivity contribution is -0.907. The Kier molecular flexibility index (Phi) is 32.2.